The fraction of sp³-hybridized carbons (Fsp3) is 0.217. The van der Waals surface area contributed by atoms with E-state index >= 15 is 0 Å². The van der Waals surface area contributed by atoms with Gasteiger partial charge in [-0.05, 0) is 58.6 Å². The van der Waals surface area contributed by atoms with Crippen LogP contribution >= 0.6 is 15.1 Å². The van der Waals surface area contributed by atoms with E-state index in [2.05, 4.69) is 112 Å². The van der Waals surface area contributed by atoms with Crippen molar-refractivity contribution in [3.05, 3.63) is 84.9 Å². The Kier molecular flexibility index (Phi) is 5.71. The molecule has 1 atom stereocenters. The molecule has 1 unspecified atom stereocenters. The molecule has 130 valence electrons. The van der Waals surface area contributed by atoms with Gasteiger partial charge in [-0.15, -0.1) is 0 Å². The Morgan fingerprint density at radius 3 is 1.58 bits per heavy atom. The SMILES string of the molecule is [B][P+](C)(c1ccccc1P(c1ccccc1)c1ccccc1)C(C)(C)C. The second kappa shape index (κ2) is 7.68. The van der Waals surface area contributed by atoms with Gasteiger partial charge in [0.15, 0.2) is 0 Å². The molecular formula is C23H26BP2+. The zero-order chi connectivity index (χ0) is 18.8. The minimum Gasteiger partial charge on any atom is -0.0622 e. The Labute approximate surface area is 161 Å². The molecule has 26 heavy (non-hydrogen) atoms. The maximum atomic E-state index is 7.03. The van der Waals surface area contributed by atoms with Crippen LogP contribution in [0.25, 0.3) is 0 Å². The summed E-state index contributed by atoms with van der Waals surface area (Å²) in [5, 5.41) is 5.56. The van der Waals surface area contributed by atoms with Crippen LogP contribution in [0.15, 0.2) is 84.9 Å². The van der Waals surface area contributed by atoms with Gasteiger partial charge in [0.05, 0.1) is 10.5 Å². The number of hydrogen-bond acceptors (Lipinski definition) is 0. The second-order valence-electron chi connectivity index (χ2n) is 7.74. The lowest BCUT2D eigenvalue weighted by Gasteiger charge is -2.35. The fourth-order valence-electron chi connectivity index (χ4n) is 2.99. The quantitative estimate of drug-likeness (QED) is 0.462. The van der Waals surface area contributed by atoms with Gasteiger partial charge in [0, 0.05) is 12.0 Å². The van der Waals surface area contributed by atoms with E-state index in [0.717, 1.165) is 0 Å². The van der Waals surface area contributed by atoms with Gasteiger partial charge < -0.3 is 0 Å². The lowest BCUT2D eigenvalue weighted by atomic mass is 10.2. The average Bonchev–Trinajstić information content (AvgIpc) is 2.63. The van der Waals surface area contributed by atoms with E-state index < -0.39 is 15.1 Å². The van der Waals surface area contributed by atoms with Gasteiger partial charge in [-0.25, -0.2) is 0 Å². The molecule has 3 heteroatoms. The van der Waals surface area contributed by atoms with Crippen molar-refractivity contribution in [1.29, 1.82) is 0 Å². The topological polar surface area (TPSA) is 0 Å². The molecule has 0 saturated heterocycles. The molecule has 0 saturated carbocycles. The van der Waals surface area contributed by atoms with Crippen LogP contribution in [0, 0.1) is 0 Å². The van der Waals surface area contributed by atoms with Crippen LogP contribution in [-0.4, -0.2) is 19.4 Å². The molecular weight excluding hydrogens is 349 g/mol. The van der Waals surface area contributed by atoms with Gasteiger partial charge in [0.2, 0.25) is 0 Å². The van der Waals surface area contributed by atoms with Crippen LogP contribution in [0.3, 0.4) is 0 Å². The van der Waals surface area contributed by atoms with E-state index in [1.807, 2.05) is 0 Å². The molecule has 3 aromatic rings. The molecule has 0 amide bonds. The summed E-state index contributed by atoms with van der Waals surface area (Å²) in [5.41, 5.74) is 0. The molecule has 0 nitrogen and oxygen atoms in total. The normalized spacial score (nSPS) is 14.2. The van der Waals surface area contributed by atoms with E-state index in [0.29, 0.717) is 0 Å². The Bertz CT molecular complexity index is 813. The Morgan fingerprint density at radius 1 is 0.692 bits per heavy atom. The van der Waals surface area contributed by atoms with Crippen molar-refractivity contribution in [2.45, 2.75) is 25.9 Å². The molecule has 0 aliphatic rings. The summed E-state index contributed by atoms with van der Waals surface area (Å²) in [4.78, 5) is 0. The van der Waals surface area contributed by atoms with Crippen molar-refractivity contribution in [3.8, 4) is 0 Å². The van der Waals surface area contributed by atoms with Crippen LogP contribution in [0.5, 0.6) is 0 Å². The second-order valence-corrected chi connectivity index (χ2v) is 13.9. The highest BCUT2D eigenvalue weighted by Gasteiger charge is 2.44. The first-order valence-electron chi connectivity index (χ1n) is 8.97. The summed E-state index contributed by atoms with van der Waals surface area (Å²) in [6.07, 6.45) is 0. The molecule has 0 aromatic heterocycles. The van der Waals surface area contributed by atoms with Crippen molar-refractivity contribution in [1.82, 2.24) is 0 Å². The van der Waals surface area contributed by atoms with E-state index in [-0.39, 0.29) is 5.16 Å². The van der Waals surface area contributed by atoms with Crippen LogP contribution in [0.1, 0.15) is 20.8 Å². The first-order valence-corrected chi connectivity index (χ1v) is 12.6. The van der Waals surface area contributed by atoms with Crippen molar-refractivity contribution >= 4 is 43.8 Å². The molecule has 0 heterocycles. The van der Waals surface area contributed by atoms with Crippen LogP contribution in [-0.2, 0) is 0 Å². The first-order chi connectivity index (χ1) is 12.3. The third kappa shape index (κ3) is 3.81. The van der Waals surface area contributed by atoms with E-state index in [4.69, 9.17) is 7.57 Å². The Hall–Kier alpha value is -1.42. The highest BCUT2D eigenvalue weighted by atomic mass is 31.2. The molecule has 0 aliphatic heterocycles. The zero-order valence-electron chi connectivity index (χ0n) is 16.1. The van der Waals surface area contributed by atoms with Gasteiger partial charge in [-0.2, -0.15) is 0 Å². The molecule has 0 aliphatic carbocycles. The average molecular weight is 375 g/mol. The highest BCUT2D eigenvalue weighted by molar-refractivity contribution is 8.04. The van der Waals surface area contributed by atoms with Gasteiger partial charge in [-0.3, -0.25) is 0 Å². The van der Waals surface area contributed by atoms with Crippen LogP contribution in [0.4, 0.5) is 0 Å². The van der Waals surface area contributed by atoms with Crippen molar-refractivity contribution in [2.24, 2.45) is 0 Å². The predicted molar refractivity (Wildman–Crippen MR) is 123 cm³/mol. The summed E-state index contributed by atoms with van der Waals surface area (Å²) >= 11 is 0. The Morgan fingerprint density at radius 2 is 1.12 bits per heavy atom. The summed E-state index contributed by atoms with van der Waals surface area (Å²) in [5.74, 6) is 0. The highest BCUT2D eigenvalue weighted by Crippen LogP contribution is 2.60. The Balaban J connectivity index is 2.24. The van der Waals surface area contributed by atoms with E-state index in [9.17, 15) is 0 Å². The lowest BCUT2D eigenvalue weighted by Crippen LogP contribution is -2.38. The fourth-order valence-corrected chi connectivity index (χ4v) is 7.91. The maximum Gasteiger partial charge on any atom is 0.371 e. The number of rotatable bonds is 4. The molecule has 0 N–H and O–H groups in total. The van der Waals surface area contributed by atoms with E-state index in [1.54, 1.807) is 0 Å². The van der Waals surface area contributed by atoms with Crippen LogP contribution in [0.2, 0.25) is 0 Å². The van der Waals surface area contributed by atoms with Crippen LogP contribution < -0.4 is 21.2 Å². The first kappa shape index (κ1) is 19.3. The number of hydrogen-bond donors (Lipinski definition) is 0. The molecule has 0 bridgehead atoms. The smallest absolute Gasteiger partial charge is 0.0622 e. The summed E-state index contributed by atoms with van der Waals surface area (Å²) < 4.78 is 0. The standard InChI is InChI=1S/C23H26BP2/c1-23(2,3)26(4,24)22-18-12-11-17-21(22)25(19-13-7-5-8-14-19)20-15-9-6-10-16-20/h5-18H,1-4H3/q+1. The largest absolute Gasteiger partial charge is 0.371 e. The van der Waals surface area contributed by atoms with Crippen molar-refractivity contribution in [2.75, 3.05) is 6.66 Å². The van der Waals surface area contributed by atoms with Crippen molar-refractivity contribution in [3.63, 3.8) is 0 Å². The molecule has 2 radical (unpaired) electrons. The summed E-state index contributed by atoms with van der Waals surface area (Å²) in [6, 6.07) is 30.6. The number of benzene rings is 3. The summed E-state index contributed by atoms with van der Waals surface area (Å²) in [6.45, 7) is 9.08. The zero-order valence-corrected chi connectivity index (χ0v) is 17.8. The predicted octanol–water partition coefficient (Wildman–Crippen LogP) is 4.60. The van der Waals surface area contributed by atoms with Crippen molar-refractivity contribution < 1.29 is 0 Å². The lowest BCUT2D eigenvalue weighted by molar-refractivity contribution is 0.787. The van der Waals surface area contributed by atoms with Gasteiger partial charge in [0.1, 0.15) is 0 Å². The third-order valence-corrected chi connectivity index (χ3v) is 11.9. The maximum absolute atomic E-state index is 7.03. The molecule has 0 spiro atoms. The van der Waals surface area contributed by atoms with Gasteiger partial charge in [0.25, 0.3) is 0 Å². The van der Waals surface area contributed by atoms with E-state index in [1.165, 1.54) is 21.2 Å². The third-order valence-electron chi connectivity index (χ3n) is 5.05. The molecule has 3 rings (SSSR count). The van der Waals surface area contributed by atoms with Gasteiger partial charge in [-0.1, -0.05) is 72.8 Å². The minimum atomic E-state index is -1.79. The minimum absolute atomic E-state index is 0.0669. The molecule has 0 fully saturated rings. The molecule has 3 aromatic carbocycles. The van der Waals surface area contributed by atoms with Gasteiger partial charge >= 0.3 is 7.57 Å². The summed E-state index contributed by atoms with van der Waals surface area (Å²) in [7, 11) is 4.61. The monoisotopic (exact) mass is 375 g/mol.